The number of nitrogens with zero attached hydrogens (tertiary/aromatic N) is 2. The summed E-state index contributed by atoms with van der Waals surface area (Å²) in [4.78, 5) is 4.22. The molecule has 0 aromatic heterocycles. The van der Waals surface area contributed by atoms with Crippen LogP contribution < -0.4 is 12.4 Å². The molecule has 1 rings (SSSR count). The van der Waals surface area contributed by atoms with Crippen molar-refractivity contribution in [3.05, 3.63) is 24.6 Å². The first-order chi connectivity index (χ1) is 12.2. The molecule has 0 saturated carbocycles. The van der Waals surface area contributed by atoms with Crippen LogP contribution in [0.1, 0.15) is 104 Å². The second-order valence-electron chi connectivity index (χ2n) is 7.36. The lowest BCUT2D eigenvalue weighted by Gasteiger charge is -2.20. The lowest BCUT2D eigenvalue weighted by molar-refractivity contribution is -0.984. The van der Waals surface area contributed by atoms with E-state index >= 15 is 0 Å². The molecule has 3 nitrogen and oxygen atoms in total. The molecule has 1 unspecified atom stereocenters. The van der Waals surface area contributed by atoms with Crippen molar-refractivity contribution in [2.24, 2.45) is 4.99 Å². The molecule has 0 bridgehead atoms. The molecule has 0 aromatic rings. The van der Waals surface area contributed by atoms with Crippen molar-refractivity contribution >= 4 is 5.84 Å². The molecule has 0 aliphatic carbocycles. The van der Waals surface area contributed by atoms with Gasteiger partial charge in [-0.25, -0.2) is 10.2 Å². The number of hydrogen-bond donors (Lipinski definition) is 1. The van der Waals surface area contributed by atoms with Crippen LogP contribution in [0.15, 0.2) is 29.5 Å². The summed E-state index contributed by atoms with van der Waals surface area (Å²) in [7, 11) is 0. The number of quaternary nitrogens is 1. The van der Waals surface area contributed by atoms with Crippen LogP contribution in [0.3, 0.4) is 0 Å². The van der Waals surface area contributed by atoms with E-state index in [1.165, 1.54) is 77.0 Å². The topological polar surface area (TPSA) is 32.6 Å². The van der Waals surface area contributed by atoms with Gasteiger partial charge in [-0.2, -0.15) is 0 Å². The largest absolute Gasteiger partial charge is 1.00 e. The maximum Gasteiger partial charge on any atom is 0.240 e. The number of rotatable bonds is 16. The second kappa shape index (κ2) is 16.5. The van der Waals surface area contributed by atoms with E-state index in [1.54, 1.807) is 12.4 Å². The Kier molecular flexibility index (Phi) is 16.1. The summed E-state index contributed by atoms with van der Waals surface area (Å²) in [5, 5.41) is 10.4. The van der Waals surface area contributed by atoms with Gasteiger partial charge in [0, 0.05) is 6.42 Å². The lowest BCUT2D eigenvalue weighted by Crippen LogP contribution is -3.00. The zero-order chi connectivity index (χ0) is 18.2. The Hall–Kier alpha value is -0.640. The van der Waals surface area contributed by atoms with Gasteiger partial charge in [0.25, 0.3) is 0 Å². The fourth-order valence-electron chi connectivity index (χ4n) is 3.40. The molecule has 0 fully saturated rings. The first-order valence-electron chi connectivity index (χ1n) is 10.7. The average Bonchev–Trinajstić information content (AvgIpc) is 2.99. The zero-order valence-corrected chi connectivity index (χ0v) is 17.9. The standard InChI is InChI=1S/C22H41N2O.ClH/c1-3-5-6-7-8-9-10-11-12-13-14-15-16-17-18-20-24(25)21-19-23-22(24)4-2;/h17-19,21,25H,3-16,20H2,1-2H3;1H/q+1;/p-1/b18-17+;. The summed E-state index contributed by atoms with van der Waals surface area (Å²) in [6.45, 7) is 4.91. The van der Waals surface area contributed by atoms with Crippen LogP contribution in [-0.2, 0) is 0 Å². The molecule has 1 aliphatic heterocycles. The number of aliphatic imine (C=N–C) groups is 1. The van der Waals surface area contributed by atoms with Gasteiger partial charge in [-0.1, -0.05) is 90.6 Å². The lowest BCUT2D eigenvalue weighted by atomic mass is 10.0. The van der Waals surface area contributed by atoms with Gasteiger partial charge in [-0.3, -0.25) is 0 Å². The van der Waals surface area contributed by atoms with Gasteiger partial charge in [0.1, 0.15) is 6.54 Å². The molecule has 1 N–H and O–H groups in total. The molecule has 0 saturated heterocycles. The van der Waals surface area contributed by atoms with Gasteiger partial charge in [-0.05, 0) is 18.9 Å². The van der Waals surface area contributed by atoms with Crippen molar-refractivity contribution in [1.29, 1.82) is 0 Å². The summed E-state index contributed by atoms with van der Waals surface area (Å²) >= 11 is 0. The van der Waals surface area contributed by atoms with E-state index < -0.39 is 0 Å². The molecule has 0 spiro atoms. The Morgan fingerprint density at radius 3 is 1.92 bits per heavy atom. The van der Waals surface area contributed by atoms with Gasteiger partial charge in [0.2, 0.25) is 5.84 Å². The molecule has 152 valence electrons. The minimum Gasteiger partial charge on any atom is -1.00 e. The highest BCUT2D eigenvalue weighted by Gasteiger charge is 2.31. The van der Waals surface area contributed by atoms with Crippen LogP contribution in [0.4, 0.5) is 0 Å². The molecule has 1 aliphatic rings. The molecule has 26 heavy (non-hydrogen) atoms. The van der Waals surface area contributed by atoms with Gasteiger partial charge < -0.3 is 12.4 Å². The van der Waals surface area contributed by atoms with E-state index in [9.17, 15) is 5.21 Å². The van der Waals surface area contributed by atoms with Gasteiger partial charge >= 0.3 is 0 Å². The highest BCUT2D eigenvalue weighted by molar-refractivity contribution is 5.77. The number of amidine groups is 1. The summed E-state index contributed by atoms with van der Waals surface area (Å²) in [5.41, 5.74) is 0. The number of allylic oxidation sites excluding steroid dienone is 1. The summed E-state index contributed by atoms with van der Waals surface area (Å²) in [6, 6.07) is 0. The third-order valence-corrected chi connectivity index (χ3v) is 5.07. The summed E-state index contributed by atoms with van der Waals surface area (Å²) < 4.78 is -0.133. The summed E-state index contributed by atoms with van der Waals surface area (Å²) in [6.07, 6.45) is 26.4. The van der Waals surface area contributed by atoms with Crippen LogP contribution in [0.25, 0.3) is 0 Å². The Morgan fingerprint density at radius 1 is 0.846 bits per heavy atom. The minimum atomic E-state index is -0.133. The minimum absolute atomic E-state index is 0. The Bertz CT molecular complexity index is 420. The van der Waals surface area contributed by atoms with Gasteiger partial charge in [0.15, 0.2) is 6.20 Å². The van der Waals surface area contributed by atoms with Crippen molar-refractivity contribution < 1.29 is 22.3 Å². The molecule has 0 aromatic carbocycles. The predicted molar refractivity (Wildman–Crippen MR) is 109 cm³/mol. The van der Waals surface area contributed by atoms with Crippen LogP contribution in [0.5, 0.6) is 0 Å². The first kappa shape index (κ1) is 25.4. The highest BCUT2D eigenvalue weighted by Crippen LogP contribution is 2.16. The number of unbranched alkanes of at least 4 members (excludes halogenated alkanes) is 12. The normalized spacial score (nSPS) is 19.1. The molecule has 0 radical (unpaired) electrons. The number of halogens is 1. The monoisotopic (exact) mass is 384 g/mol. The Labute approximate surface area is 168 Å². The van der Waals surface area contributed by atoms with E-state index in [-0.39, 0.29) is 17.1 Å². The third kappa shape index (κ3) is 11.2. The van der Waals surface area contributed by atoms with Gasteiger partial charge in [-0.15, -0.1) is 4.65 Å². The highest BCUT2D eigenvalue weighted by atomic mass is 35.5. The van der Waals surface area contributed by atoms with Crippen LogP contribution in [0, 0.1) is 0 Å². The van der Waals surface area contributed by atoms with E-state index in [4.69, 9.17) is 0 Å². The van der Waals surface area contributed by atoms with Crippen LogP contribution >= 0.6 is 0 Å². The SMILES string of the molecule is CCCCCCCCCCCCCC/C=C/C[N+]1(O)C=CN=C1CC.[Cl-]. The van der Waals surface area contributed by atoms with E-state index in [0.29, 0.717) is 6.54 Å². The second-order valence-corrected chi connectivity index (χ2v) is 7.36. The maximum atomic E-state index is 10.4. The Balaban J connectivity index is 0.00000625. The van der Waals surface area contributed by atoms with Crippen molar-refractivity contribution in [2.75, 3.05) is 6.54 Å². The summed E-state index contributed by atoms with van der Waals surface area (Å²) in [5.74, 6) is 0.829. The Morgan fingerprint density at radius 2 is 1.38 bits per heavy atom. The predicted octanol–water partition coefficient (Wildman–Crippen LogP) is 4.14. The number of hydrogen-bond acceptors (Lipinski definition) is 2. The first-order valence-corrected chi connectivity index (χ1v) is 10.7. The van der Waals surface area contributed by atoms with Crippen molar-refractivity contribution in [1.82, 2.24) is 0 Å². The van der Waals surface area contributed by atoms with Crippen molar-refractivity contribution in [3.8, 4) is 0 Å². The van der Waals surface area contributed by atoms with Gasteiger partial charge in [0.05, 0.1) is 6.20 Å². The van der Waals surface area contributed by atoms with E-state index in [0.717, 1.165) is 18.7 Å². The van der Waals surface area contributed by atoms with E-state index in [2.05, 4.69) is 24.1 Å². The molecule has 1 heterocycles. The fourth-order valence-corrected chi connectivity index (χ4v) is 3.40. The molecule has 1 atom stereocenters. The van der Waals surface area contributed by atoms with Crippen molar-refractivity contribution in [2.45, 2.75) is 104 Å². The third-order valence-electron chi connectivity index (χ3n) is 5.07. The van der Waals surface area contributed by atoms with Crippen LogP contribution in [0.2, 0.25) is 0 Å². The average molecular weight is 385 g/mol. The fraction of sp³-hybridized carbons (Fsp3) is 0.773. The number of hydroxylamine groups is 3. The van der Waals surface area contributed by atoms with Crippen molar-refractivity contribution in [3.63, 3.8) is 0 Å². The quantitative estimate of drug-likeness (QED) is 0.242. The molecular formula is C22H41ClN2O. The molecule has 4 heteroatoms. The zero-order valence-electron chi connectivity index (χ0n) is 17.1. The molecule has 0 amide bonds. The molecular weight excluding hydrogens is 344 g/mol. The van der Waals surface area contributed by atoms with E-state index in [1.807, 2.05) is 6.92 Å². The van der Waals surface area contributed by atoms with Crippen LogP contribution in [-0.4, -0.2) is 22.2 Å². The maximum absolute atomic E-state index is 10.4. The smallest absolute Gasteiger partial charge is 0.240 e.